The number of carbonyl (C=O) groups is 2. The summed E-state index contributed by atoms with van der Waals surface area (Å²) in [6.07, 6.45) is 0.0829. The fraction of sp³-hybridized carbons (Fsp3) is 0.333. The van der Waals surface area contributed by atoms with Crippen molar-refractivity contribution in [2.24, 2.45) is 5.73 Å². The zero-order valence-corrected chi connectivity index (χ0v) is 15.8. The van der Waals surface area contributed by atoms with E-state index in [0.717, 1.165) is 16.7 Å². The molecule has 3 rings (SSSR count). The number of amides is 3. The van der Waals surface area contributed by atoms with Gasteiger partial charge >= 0.3 is 6.03 Å². The maximum atomic E-state index is 13.7. The summed E-state index contributed by atoms with van der Waals surface area (Å²) in [5.41, 5.74) is 7.91. The Bertz CT molecular complexity index is 858. The second-order valence-corrected chi connectivity index (χ2v) is 6.98. The molecule has 148 valence electrons. The third-order valence-corrected chi connectivity index (χ3v) is 5.06. The molecule has 1 saturated heterocycles. The summed E-state index contributed by atoms with van der Waals surface area (Å²) in [5.74, 6) is -0.443. The Balaban J connectivity index is 1.83. The Hall–Kier alpha value is -2.93. The molecule has 0 aromatic heterocycles. The lowest BCUT2D eigenvalue weighted by Gasteiger charge is -2.37. The second kappa shape index (κ2) is 8.84. The summed E-state index contributed by atoms with van der Waals surface area (Å²) < 4.78 is 13.7. The number of nitrogens with two attached hydrogens (primary N) is 1. The maximum absolute atomic E-state index is 13.7. The van der Waals surface area contributed by atoms with Crippen LogP contribution in [-0.4, -0.2) is 36.5 Å². The van der Waals surface area contributed by atoms with Gasteiger partial charge in [-0.15, -0.1) is 0 Å². The number of primary amides is 1. The number of aryl methyl sites for hydroxylation is 1. The number of hydrogen-bond acceptors (Lipinski definition) is 3. The predicted molar refractivity (Wildman–Crippen MR) is 105 cm³/mol. The highest BCUT2D eigenvalue weighted by atomic mass is 19.1. The molecule has 0 bridgehead atoms. The molecular formula is C21H25FN4O2. The molecule has 2 atom stereocenters. The average molecular weight is 384 g/mol. The Labute approximate surface area is 163 Å². The molecule has 0 saturated carbocycles. The van der Waals surface area contributed by atoms with Crippen molar-refractivity contribution in [3.8, 4) is 0 Å². The number of benzene rings is 2. The first-order chi connectivity index (χ1) is 13.5. The summed E-state index contributed by atoms with van der Waals surface area (Å²) in [6.45, 7) is 3.65. The van der Waals surface area contributed by atoms with E-state index >= 15 is 0 Å². The molecule has 3 amide bonds. The lowest BCUT2D eigenvalue weighted by Crippen LogP contribution is -2.49. The first-order valence-corrected chi connectivity index (χ1v) is 9.33. The molecule has 0 radical (unpaired) electrons. The normalized spacial score (nSPS) is 17.8. The fourth-order valence-corrected chi connectivity index (χ4v) is 3.69. The van der Waals surface area contributed by atoms with Crippen molar-refractivity contribution in [3.63, 3.8) is 0 Å². The van der Waals surface area contributed by atoms with Gasteiger partial charge in [-0.05, 0) is 35.7 Å². The van der Waals surface area contributed by atoms with E-state index in [1.807, 2.05) is 37.3 Å². The molecule has 2 aromatic rings. The Morgan fingerprint density at radius 1 is 1.29 bits per heavy atom. The van der Waals surface area contributed by atoms with E-state index in [0.29, 0.717) is 19.6 Å². The largest absolute Gasteiger partial charge is 0.352 e. The predicted octanol–water partition coefficient (Wildman–Crippen LogP) is 2.41. The van der Waals surface area contributed by atoms with Crippen molar-refractivity contribution in [2.75, 3.05) is 19.6 Å². The van der Waals surface area contributed by atoms with Gasteiger partial charge in [0.15, 0.2) is 0 Å². The lowest BCUT2D eigenvalue weighted by molar-refractivity contribution is -0.135. The summed E-state index contributed by atoms with van der Waals surface area (Å²) in [5, 5.41) is 5.94. The van der Waals surface area contributed by atoms with Crippen LogP contribution in [0.15, 0.2) is 48.5 Å². The Morgan fingerprint density at radius 2 is 2.07 bits per heavy atom. The van der Waals surface area contributed by atoms with Gasteiger partial charge in [-0.3, -0.25) is 4.79 Å². The highest BCUT2D eigenvalue weighted by Crippen LogP contribution is 2.27. The van der Waals surface area contributed by atoms with Gasteiger partial charge < -0.3 is 21.3 Å². The van der Waals surface area contributed by atoms with Crippen molar-refractivity contribution in [3.05, 3.63) is 71.0 Å². The number of rotatable bonds is 5. The van der Waals surface area contributed by atoms with E-state index in [9.17, 15) is 14.0 Å². The monoisotopic (exact) mass is 384 g/mol. The van der Waals surface area contributed by atoms with Gasteiger partial charge in [0.05, 0.1) is 18.5 Å². The van der Waals surface area contributed by atoms with Crippen LogP contribution in [0.25, 0.3) is 0 Å². The van der Waals surface area contributed by atoms with E-state index in [1.54, 1.807) is 11.0 Å². The minimum absolute atomic E-state index is 0.0829. The number of hydrogen-bond donors (Lipinski definition) is 3. The molecule has 28 heavy (non-hydrogen) atoms. The van der Waals surface area contributed by atoms with E-state index in [2.05, 4.69) is 10.6 Å². The van der Waals surface area contributed by atoms with E-state index in [4.69, 9.17) is 5.73 Å². The third-order valence-electron chi connectivity index (χ3n) is 5.06. The van der Waals surface area contributed by atoms with Crippen LogP contribution in [0.3, 0.4) is 0 Å². The van der Waals surface area contributed by atoms with Crippen molar-refractivity contribution >= 4 is 11.9 Å². The summed E-state index contributed by atoms with van der Waals surface area (Å²) in [6, 6.07) is 12.4. The lowest BCUT2D eigenvalue weighted by atomic mass is 9.97. The number of nitrogens with zero attached hydrogens (tertiary/aromatic N) is 1. The zero-order chi connectivity index (χ0) is 20.1. The molecule has 1 heterocycles. The number of halogens is 1. The van der Waals surface area contributed by atoms with Crippen LogP contribution >= 0.6 is 0 Å². The van der Waals surface area contributed by atoms with Crippen LogP contribution in [0.1, 0.15) is 35.2 Å². The van der Waals surface area contributed by atoms with Crippen LogP contribution in [0, 0.1) is 12.7 Å². The van der Waals surface area contributed by atoms with Crippen molar-refractivity contribution in [1.82, 2.24) is 15.5 Å². The van der Waals surface area contributed by atoms with E-state index in [-0.39, 0.29) is 24.2 Å². The highest BCUT2D eigenvalue weighted by Gasteiger charge is 2.30. The molecule has 2 aromatic carbocycles. The number of carbonyl (C=O) groups excluding carboxylic acids is 2. The average Bonchev–Trinajstić information content (AvgIpc) is 2.67. The minimum Gasteiger partial charge on any atom is -0.352 e. The number of nitrogens with one attached hydrogen (secondary N) is 2. The van der Waals surface area contributed by atoms with Crippen LogP contribution < -0.4 is 16.4 Å². The molecule has 7 heteroatoms. The molecule has 1 aliphatic rings. The van der Waals surface area contributed by atoms with Gasteiger partial charge in [0.25, 0.3) is 0 Å². The van der Waals surface area contributed by atoms with Crippen LogP contribution in [-0.2, 0) is 4.79 Å². The van der Waals surface area contributed by atoms with Gasteiger partial charge in [-0.2, -0.15) is 0 Å². The zero-order valence-electron chi connectivity index (χ0n) is 15.8. The van der Waals surface area contributed by atoms with Gasteiger partial charge in [-0.25, -0.2) is 9.18 Å². The van der Waals surface area contributed by atoms with Crippen molar-refractivity contribution in [2.45, 2.75) is 25.4 Å². The van der Waals surface area contributed by atoms with Gasteiger partial charge in [0.2, 0.25) is 5.91 Å². The molecule has 0 aliphatic carbocycles. The quantitative estimate of drug-likeness (QED) is 0.740. The Kier molecular flexibility index (Phi) is 6.26. The molecule has 6 nitrogen and oxygen atoms in total. The molecule has 1 aliphatic heterocycles. The van der Waals surface area contributed by atoms with Crippen LogP contribution in [0.2, 0.25) is 0 Å². The smallest absolute Gasteiger partial charge is 0.312 e. The first kappa shape index (κ1) is 19.8. The summed E-state index contributed by atoms with van der Waals surface area (Å²) >= 11 is 0. The summed E-state index contributed by atoms with van der Waals surface area (Å²) in [7, 11) is 0. The summed E-state index contributed by atoms with van der Waals surface area (Å²) in [4.78, 5) is 26.4. The minimum atomic E-state index is -0.678. The molecule has 1 fully saturated rings. The van der Waals surface area contributed by atoms with Crippen LogP contribution in [0.5, 0.6) is 0 Å². The third kappa shape index (κ3) is 4.67. The molecule has 2 unspecified atom stereocenters. The van der Waals surface area contributed by atoms with Gasteiger partial charge in [-0.1, -0.05) is 36.4 Å². The van der Waals surface area contributed by atoms with Crippen molar-refractivity contribution < 1.29 is 14.0 Å². The molecular weight excluding hydrogens is 359 g/mol. The maximum Gasteiger partial charge on any atom is 0.312 e. The SMILES string of the molecule is Cc1ccccc1C(CC(=O)N1CCNCC1c1cccc(F)c1)NC(N)=O. The second-order valence-electron chi connectivity index (χ2n) is 6.98. The van der Waals surface area contributed by atoms with Gasteiger partial charge in [0, 0.05) is 19.6 Å². The fourth-order valence-electron chi connectivity index (χ4n) is 3.69. The number of urea groups is 1. The molecule has 4 N–H and O–H groups in total. The standard InChI is InChI=1S/C21H25FN4O2/c1-14-5-2-3-8-17(14)18(25-21(23)28)12-20(27)26-10-9-24-13-19(26)15-6-4-7-16(22)11-15/h2-8,11,18-19,24H,9-10,12-13H2,1H3,(H3,23,25,28). The van der Waals surface area contributed by atoms with E-state index in [1.165, 1.54) is 12.1 Å². The molecule has 0 spiro atoms. The van der Waals surface area contributed by atoms with Crippen molar-refractivity contribution in [1.29, 1.82) is 0 Å². The highest BCUT2D eigenvalue weighted by molar-refractivity contribution is 5.79. The Morgan fingerprint density at radius 3 is 2.79 bits per heavy atom. The number of piperazine rings is 1. The first-order valence-electron chi connectivity index (χ1n) is 9.33. The van der Waals surface area contributed by atoms with Gasteiger partial charge in [0.1, 0.15) is 5.82 Å². The van der Waals surface area contributed by atoms with Crippen LogP contribution in [0.4, 0.5) is 9.18 Å². The van der Waals surface area contributed by atoms with E-state index < -0.39 is 12.1 Å². The topological polar surface area (TPSA) is 87.5 Å².